The fourth-order valence-corrected chi connectivity index (χ4v) is 2.73. The number of aromatic nitrogens is 4. The van der Waals surface area contributed by atoms with E-state index in [1.165, 1.54) is 0 Å². The maximum atomic E-state index is 6.02. The number of hydrogen-bond acceptors (Lipinski definition) is 4. The molecule has 0 unspecified atom stereocenters. The fourth-order valence-electron chi connectivity index (χ4n) is 2.52. The van der Waals surface area contributed by atoms with Crippen LogP contribution in [0.3, 0.4) is 0 Å². The quantitative estimate of drug-likeness (QED) is 0.611. The van der Waals surface area contributed by atoms with Gasteiger partial charge in [0, 0.05) is 29.5 Å². The highest BCUT2D eigenvalue weighted by atomic mass is 35.5. The molecular weight excluding hydrogens is 322 g/mol. The van der Waals surface area contributed by atoms with E-state index in [0.29, 0.717) is 6.54 Å². The SMILES string of the molecule is Clc1cccc(CNc2ccc3ncc(-c4cccnc4)n3n2)c1. The minimum Gasteiger partial charge on any atom is -0.365 e. The number of nitrogens with zero attached hydrogens (tertiary/aromatic N) is 4. The third kappa shape index (κ3) is 2.94. The molecule has 0 atom stereocenters. The molecule has 1 N–H and O–H groups in total. The molecule has 1 aromatic carbocycles. The average molecular weight is 336 g/mol. The highest BCUT2D eigenvalue weighted by molar-refractivity contribution is 6.30. The molecule has 0 aliphatic carbocycles. The van der Waals surface area contributed by atoms with Gasteiger partial charge in [-0.15, -0.1) is 5.10 Å². The minimum atomic E-state index is 0.649. The Kier molecular flexibility index (Phi) is 3.84. The molecule has 5 nitrogen and oxygen atoms in total. The van der Waals surface area contributed by atoms with E-state index < -0.39 is 0 Å². The standard InChI is InChI=1S/C18H14ClN5/c19-15-5-1-3-13(9-15)10-21-17-6-7-18-22-12-16(24(18)23-17)14-4-2-8-20-11-14/h1-9,11-12H,10H2,(H,21,23). The lowest BCUT2D eigenvalue weighted by molar-refractivity contribution is 0.930. The van der Waals surface area contributed by atoms with Crippen LogP contribution < -0.4 is 5.32 Å². The Morgan fingerprint density at radius 2 is 2.00 bits per heavy atom. The Hall–Kier alpha value is -2.92. The van der Waals surface area contributed by atoms with Crippen LogP contribution in [0.4, 0.5) is 5.82 Å². The zero-order valence-corrected chi connectivity index (χ0v) is 13.5. The first-order valence-corrected chi connectivity index (χ1v) is 7.91. The summed E-state index contributed by atoms with van der Waals surface area (Å²) < 4.78 is 1.82. The third-order valence-electron chi connectivity index (χ3n) is 3.68. The molecule has 0 saturated carbocycles. The van der Waals surface area contributed by atoms with Crippen LogP contribution in [0, 0.1) is 0 Å². The number of imidazole rings is 1. The predicted molar refractivity (Wildman–Crippen MR) is 95.0 cm³/mol. The molecule has 0 bridgehead atoms. The number of benzene rings is 1. The van der Waals surface area contributed by atoms with Crippen LogP contribution in [0.2, 0.25) is 5.02 Å². The Morgan fingerprint density at radius 3 is 2.83 bits per heavy atom. The maximum absolute atomic E-state index is 6.02. The number of anilines is 1. The van der Waals surface area contributed by atoms with Crippen molar-refractivity contribution in [2.75, 3.05) is 5.32 Å². The molecule has 3 aromatic heterocycles. The van der Waals surface area contributed by atoms with Gasteiger partial charge in [-0.2, -0.15) is 0 Å². The first kappa shape index (κ1) is 14.7. The molecule has 4 aromatic rings. The van der Waals surface area contributed by atoms with E-state index in [1.54, 1.807) is 18.6 Å². The lowest BCUT2D eigenvalue weighted by atomic mass is 10.2. The van der Waals surface area contributed by atoms with E-state index in [-0.39, 0.29) is 0 Å². The van der Waals surface area contributed by atoms with Gasteiger partial charge in [-0.1, -0.05) is 23.7 Å². The largest absolute Gasteiger partial charge is 0.365 e. The van der Waals surface area contributed by atoms with E-state index >= 15 is 0 Å². The summed E-state index contributed by atoms with van der Waals surface area (Å²) in [5, 5.41) is 8.67. The van der Waals surface area contributed by atoms with Gasteiger partial charge in [-0.05, 0) is 42.0 Å². The van der Waals surface area contributed by atoms with Crippen LogP contribution in [0.1, 0.15) is 5.56 Å². The van der Waals surface area contributed by atoms with Crippen molar-refractivity contribution >= 4 is 23.1 Å². The number of fused-ring (bicyclic) bond motifs is 1. The third-order valence-corrected chi connectivity index (χ3v) is 3.92. The number of halogens is 1. The summed E-state index contributed by atoms with van der Waals surface area (Å²) in [6, 6.07) is 15.5. The molecule has 0 amide bonds. The zero-order chi connectivity index (χ0) is 16.4. The molecule has 0 fully saturated rings. The maximum Gasteiger partial charge on any atom is 0.154 e. The van der Waals surface area contributed by atoms with Crippen LogP contribution >= 0.6 is 11.6 Å². The van der Waals surface area contributed by atoms with Crippen molar-refractivity contribution in [3.05, 3.63) is 77.7 Å². The molecule has 0 radical (unpaired) electrons. The lowest BCUT2D eigenvalue weighted by Crippen LogP contribution is -2.04. The van der Waals surface area contributed by atoms with Crippen molar-refractivity contribution in [3.8, 4) is 11.3 Å². The summed E-state index contributed by atoms with van der Waals surface area (Å²) in [6.45, 7) is 0.649. The minimum absolute atomic E-state index is 0.649. The Balaban J connectivity index is 1.63. The van der Waals surface area contributed by atoms with E-state index in [1.807, 2.05) is 53.0 Å². The lowest BCUT2D eigenvalue weighted by Gasteiger charge is -2.07. The van der Waals surface area contributed by atoms with Crippen molar-refractivity contribution in [1.82, 2.24) is 19.6 Å². The Bertz CT molecular complexity index is 981. The Morgan fingerprint density at radius 1 is 1.04 bits per heavy atom. The first-order chi connectivity index (χ1) is 11.8. The monoisotopic (exact) mass is 335 g/mol. The van der Waals surface area contributed by atoms with Crippen LogP contribution in [0.5, 0.6) is 0 Å². The molecule has 0 aliphatic rings. The van der Waals surface area contributed by atoms with Gasteiger partial charge < -0.3 is 5.32 Å². The summed E-state index contributed by atoms with van der Waals surface area (Å²) in [5.74, 6) is 0.769. The van der Waals surface area contributed by atoms with Gasteiger partial charge in [-0.25, -0.2) is 9.50 Å². The summed E-state index contributed by atoms with van der Waals surface area (Å²) in [7, 11) is 0. The van der Waals surface area contributed by atoms with Crippen molar-refractivity contribution in [2.45, 2.75) is 6.54 Å². The Labute approximate surface area is 144 Å². The summed E-state index contributed by atoms with van der Waals surface area (Å²) >= 11 is 6.02. The number of nitrogens with one attached hydrogen (secondary N) is 1. The second-order valence-electron chi connectivity index (χ2n) is 5.36. The highest BCUT2D eigenvalue weighted by Gasteiger charge is 2.08. The molecule has 0 aliphatic heterocycles. The second kappa shape index (κ2) is 6.29. The number of pyridine rings is 1. The summed E-state index contributed by atoms with van der Waals surface area (Å²) in [4.78, 5) is 8.55. The molecule has 0 saturated heterocycles. The molecular formula is C18H14ClN5. The fraction of sp³-hybridized carbons (Fsp3) is 0.0556. The van der Waals surface area contributed by atoms with Gasteiger partial charge in [0.15, 0.2) is 5.65 Å². The van der Waals surface area contributed by atoms with Gasteiger partial charge >= 0.3 is 0 Å². The zero-order valence-electron chi connectivity index (χ0n) is 12.7. The first-order valence-electron chi connectivity index (χ1n) is 7.53. The summed E-state index contributed by atoms with van der Waals surface area (Å²) in [5.41, 5.74) is 3.78. The molecule has 3 heterocycles. The highest BCUT2D eigenvalue weighted by Crippen LogP contribution is 2.20. The number of hydrogen-bond donors (Lipinski definition) is 1. The molecule has 0 spiro atoms. The molecule has 118 valence electrons. The van der Waals surface area contributed by atoms with E-state index in [2.05, 4.69) is 20.4 Å². The van der Waals surface area contributed by atoms with Crippen LogP contribution in [0.15, 0.2) is 67.1 Å². The topological polar surface area (TPSA) is 55.1 Å². The van der Waals surface area contributed by atoms with E-state index in [0.717, 1.165) is 33.3 Å². The molecule has 6 heteroatoms. The molecule has 24 heavy (non-hydrogen) atoms. The van der Waals surface area contributed by atoms with Gasteiger partial charge in [0.2, 0.25) is 0 Å². The van der Waals surface area contributed by atoms with Crippen molar-refractivity contribution in [2.24, 2.45) is 0 Å². The van der Waals surface area contributed by atoms with Crippen molar-refractivity contribution in [3.63, 3.8) is 0 Å². The van der Waals surface area contributed by atoms with Crippen LogP contribution in [-0.2, 0) is 6.54 Å². The van der Waals surface area contributed by atoms with E-state index in [9.17, 15) is 0 Å². The average Bonchev–Trinajstić information content (AvgIpc) is 3.04. The second-order valence-corrected chi connectivity index (χ2v) is 5.79. The normalized spacial score (nSPS) is 10.9. The van der Waals surface area contributed by atoms with Crippen molar-refractivity contribution < 1.29 is 0 Å². The van der Waals surface area contributed by atoms with Gasteiger partial charge in [0.25, 0.3) is 0 Å². The van der Waals surface area contributed by atoms with Gasteiger partial charge in [0.05, 0.1) is 11.9 Å². The summed E-state index contributed by atoms with van der Waals surface area (Å²) in [6.07, 6.45) is 5.36. The smallest absolute Gasteiger partial charge is 0.154 e. The van der Waals surface area contributed by atoms with Gasteiger partial charge in [0.1, 0.15) is 5.82 Å². The number of rotatable bonds is 4. The van der Waals surface area contributed by atoms with Gasteiger partial charge in [-0.3, -0.25) is 4.98 Å². The van der Waals surface area contributed by atoms with E-state index in [4.69, 9.17) is 11.6 Å². The predicted octanol–water partition coefficient (Wildman–Crippen LogP) is 4.06. The van der Waals surface area contributed by atoms with Crippen LogP contribution in [0.25, 0.3) is 16.9 Å². The van der Waals surface area contributed by atoms with Crippen molar-refractivity contribution in [1.29, 1.82) is 0 Å². The van der Waals surface area contributed by atoms with Crippen LogP contribution in [-0.4, -0.2) is 19.6 Å². The molecule has 4 rings (SSSR count).